The molecule has 0 aliphatic carbocycles. The number of hydrogen-bond donors (Lipinski definition) is 4. The van der Waals surface area contributed by atoms with Gasteiger partial charge in [-0.25, -0.2) is 0 Å². The molecule has 0 radical (unpaired) electrons. The van der Waals surface area contributed by atoms with E-state index in [1.54, 1.807) is 13.8 Å². The van der Waals surface area contributed by atoms with Gasteiger partial charge in [0.15, 0.2) is 5.78 Å². The number of methoxy groups -OCH3 is 1. The Morgan fingerprint density at radius 3 is 1.95 bits per heavy atom. The van der Waals surface area contributed by atoms with Gasteiger partial charge < -0.3 is 30.9 Å². The van der Waals surface area contributed by atoms with Crippen molar-refractivity contribution in [1.82, 2.24) is 26.2 Å². The second-order valence-corrected chi connectivity index (χ2v) is 10.1. The standard InChI is InChI=1S/C25H40ClN5O8/c1-13(2)21(18(32)12-26)30-24(37)17-8-7-11-31(17)25(38)16(5)29-23(36)15(4)28-22(35)14(3)27-19(33)9-10-20(34)39-6/h13-17,21H,7-12H2,1-6H3,(H,27,33)(H,28,35)(H,29,36)(H,30,37)/t14-,15-,16-,17-,21-/m0/s1. The number of halogens is 1. The summed E-state index contributed by atoms with van der Waals surface area (Å²) in [5.74, 6) is -4.04. The largest absolute Gasteiger partial charge is 0.469 e. The van der Waals surface area contributed by atoms with Crippen LogP contribution in [0.3, 0.4) is 0 Å². The van der Waals surface area contributed by atoms with Crippen LogP contribution in [0, 0.1) is 5.92 Å². The Morgan fingerprint density at radius 1 is 0.846 bits per heavy atom. The molecule has 1 aliphatic rings. The molecule has 0 unspecified atom stereocenters. The molecule has 1 saturated heterocycles. The van der Waals surface area contributed by atoms with Crippen molar-refractivity contribution >= 4 is 52.9 Å². The lowest BCUT2D eigenvalue weighted by Crippen LogP contribution is -2.57. The minimum absolute atomic E-state index is 0.134. The Balaban J connectivity index is 2.66. The van der Waals surface area contributed by atoms with Crippen molar-refractivity contribution < 1.29 is 38.3 Å². The molecule has 1 fully saturated rings. The zero-order valence-corrected chi connectivity index (χ0v) is 24.1. The normalized spacial score (nSPS) is 17.8. The van der Waals surface area contributed by atoms with Crippen LogP contribution in [0.5, 0.6) is 0 Å². The second-order valence-electron chi connectivity index (χ2n) is 9.85. The Labute approximate surface area is 233 Å². The maximum Gasteiger partial charge on any atom is 0.306 e. The van der Waals surface area contributed by atoms with E-state index in [1.165, 1.54) is 32.8 Å². The fraction of sp³-hybridized carbons (Fsp3) is 0.720. The molecule has 4 N–H and O–H groups in total. The average molecular weight is 574 g/mol. The number of amides is 5. The average Bonchev–Trinajstić information content (AvgIpc) is 3.38. The minimum atomic E-state index is -1.03. The summed E-state index contributed by atoms with van der Waals surface area (Å²) in [6, 6.07) is -4.57. The second kappa shape index (κ2) is 16.0. The van der Waals surface area contributed by atoms with Crippen molar-refractivity contribution in [2.45, 2.75) is 90.5 Å². The molecule has 0 spiro atoms. The van der Waals surface area contributed by atoms with Crippen LogP contribution >= 0.6 is 11.6 Å². The number of hydrogen-bond acceptors (Lipinski definition) is 8. The molecule has 0 aromatic rings. The van der Waals surface area contributed by atoms with E-state index in [2.05, 4.69) is 26.0 Å². The van der Waals surface area contributed by atoms with Gasteiger partial charge in [0, 0.05) is 13.0 Å². The molecule has 5 amide bonds. The summed E-state index contributed by atoms with van der Waals surface area (Å²) in [6.45, 7) is 8.19. The SMILES string of the molecule is COC(=O)CCC(=O)N[C@@H](C)C(=O)N[C@@H](C)C(=O)N[C@@H](C)C(=O)N1CCC[C@H]1C(=O)N[C@H](C(=O)CCl)C(C)C. The van der Waals surface area contributed by atoms with E-state index in [1.807, 2.05) is 0 Å². The number of ether oxygens (including phenoxy) is 1. The fourth-order valence-electron chi connectivity index (χ4n) is 4.00. The number of esters is 1. The number of alkyl halides is 1. The molecule has 5 atom stereocenters. The highest BCUT2D eigenvalue weighted by Gasteiger charge is 2.38. The molecule has 1 aliphatic heterocycles. The van der Waals surface area contributed by atoms with Crippen LogP contribution in [-0.4, -0.2) is 95.9 Å². The maximum atomic E-state index is 13.1. The van der Waals surface area contributed by atoms with Crippen LogP contribution in [0.15, 0.2) is 0 Å². The molecule has 1 heterocycles. The molecule has 1 rings (SSSR count). The number of carbonyl (C=O) groups excluding carboxylic acids is 7. The van der Waals surface area contributed by atoms with Crippen LogP contribution < -0.4 is 21.3 Å². The highest BCUT2D eigenvalue weighted by Crippen LogP contribution is 2.19. The van der Waals surface area contributed by atoms with Gasteiger partial charge in [0.1, 0.15) is 24.2 Å². The van der Waals surface area contributed by atoms with Gasteiger partial charge in [-0.1, -0.05) is 13.8 Å². The van der Waals surface area contributed by atoms with Gasteiger partial charge in [-0.15, -0.1) is 11.6 Å². The first-order valence-corrected chi connectivity index (χ1v) is 13.4. The third-order valence-corrected chi connectivity index (χ3v) is 6.58. The summed E-state index contributed by atoms with van der Waals surface area (Å²) in [4.78, 5) is 87.5. The zero-order valence-electron chi connectivity index (χ0n) is 23.3. The van der Waals surface area contributed by atoms with Crippen LogP contribution in [0.4, 0.5) is 0 Å². The van der Waals surface area contributed by atoms with Crippen molar-refractivity contribution in [3.8, 4) is 0 Å². The van der Waals surface area contributed by atoms with Crippen molar-refractivity contribution in [2.75, 3.05) is 19.5 Å². The van der Waals surface area contributed by atoms with Gasteiger partial charge in [0.2, 0.25) is 29.5 Å². The summed E-state index contributed by atoms with van der Waals surface area (Å²) in [5.41, 5.74) is 0. The smallest absolute Gasteiger partial charge is 0.306 e. The van der Waals surface area contributed by atoms with E-state index in [0.717, 1.165) is 0 Å². The first kappa shape index (κ1) is 33.8. The Hall–Kier alpha value is -3.22. The number of Topliss-reactive ketones (excluding diaryl/α,β-unsaturated/α-hetero) is 1. The summed E-state index contributed by atoms with van der Waals surface area (Å²) in [5, 5.41) is 10.1. The van der Waals surface area contributed by atoms with Gasteiger partial charge in [-0.05, 0) is 39.5 Å². The number of carbonyl (C=O) groups is 7. The molecule has 13 nitrogen and oxygen atoms in total. The number of nitrogens with one attached hydrogen (secondary N) is 4. The van der Waals surface area contributed by atoms with E-state index in [4.69, 9.17) is 11.6 Å². The molecule has 14 heteroatoms. The summed E-state index contributed by atoms with van der Waals surface area (Å²) in [6.07, 6.45) is 0.700. The molecule has 220 valence electrons. The maximum absolute atomic E-state index is 13.1. The van der Waals surface area contributed by atoms with Crippen LogP contribution in [0.25, 0.3) is 0 Å². The van der Waals surface area contributed by atoms with E-state index in [9.17, 15) is 33.6 Å². The van der Waals surface area contributed by atoms with Gasteiger partial charge in [-0.3, -0.25) is 33.6 Å². The van der Waals surface area contributed by atoms with Gasteiger partial charge in [0.25, 0.3) is 0 Å². The zero-order chi connectivity index (χ0) is 29.9. The lowest BCUT2D eigenvalue weighted by atomic mass is 10.00. The number of rotatable bonds is 14. The number of likely N-dealkylation sites (tertiary alicyclic amines) is 1. The molecule has 39 heavy (non-hydrogen) atoms. The molecule has 0 aromatic heterocycles. The monoisotopic (exact) mass is 573 g/mol. The van der Waals surface area contributed by atoms with Crippen LogP contribution in [-0.2, 0) is 38.3 Å². The Bertz CT molecular complexity index is 943. The van der Waals surface area contributed by atoms with Crippen LogP contribution in [0.1, 0.15) is 60.3 Å². The predicted molar refractivity (Wildman–Crippen MR) is 141 cm³/mol. The first-order chi connectivity index (χ1) is 18.2. The van der Waals surface area contributed by atoms with Crippen molar-refractivity contribution in [3.05, 3.63) is 0 Å². The predicted octanol–water partition coefficient (Wildman–Crippen LogP) is -0.607. The lowest BCUT2D eigenvalue weighted by Gasteiger charge is -2.29. The van der Waals surface area contributed by atoms with E-state index in [0.29, 0.717) is 19.4 Å². The van der Waals surface area contributed by atoms with Crippen molar-refractivity contribution in [1.29, 1.82) is 0 Å². The Morgan fingerprint density at radius 2 is 1.41 bits per heavy atom. The topological polar surface area (TPSA) is 180 Å². The minimum Gasteiger partial charge on any atom is -0.469 e. The van der Waals surface area contributed by atoms with Gasteiger partial charge >= 0.3 is 5.97 Å². The van der Waals surface area contributed by atoms with E-state index >= 15 is 0 Å². The third-order valence-electron chi connectivity index (χ3n) is 6.32. The quantitative estimate of drug-likeness (QED) is 0.157. The fourth-order valence-corrected chi connectivity index (χ4v) is 4.17. The van der Waals surface area contributed by atoms with E-state index < -0.39 is 65.7 Å². The highest BCUT2D eigenvalue weighted by molar-refractivity contribution is 6.28. The summed E-state index contributed by atoms with van der Waals surface area (Å²) in [7, 11) is 1.20. The Kier molecular flexibility index (Phi) is 13.9. The number of ketones is 1. The lowest BCUT2D eigenvalue weighted by molar-refractivity contribution is -0.142. The molecule has 0 aromatic carbocycles. The summed E-state index contributed by atoms with van der Waals surface area (Å²) >= 11 is 5.66. The van der Waals surface area contributed by atoms with Gasteiger partial charge in [-0.2, -0.15) is 0 Å². The molecular formula is C25H40ClN5O8. The van der Waals surface area contributed by atoms with Gasteiger partial charge in [0.05, 0.1) is 25.5 Å². The van der Waals surface area contributed by atoms with Crippen molar-refractivity contribution in [2.24, 2.45) is 5.92 Å². The van der Waals surface area contributed by atoms with Crippen LogP contribution in [0.2, 0.25) is 0 Å². The summed E-state index contributed by atoms with van der Waals surface area (Å²) < 4.78 is 4.46. The van der Waals surface area contributed by atoms with Crippen molar-refractivity contribution in [3.63, 3.8) is 0 Å². The first-order valence-electron chi connectivity index (χ1n) is 12.9. The molecule has 0 saturated carbocycles. The number of nitrogens with zero attached hydrogens (tertiary/aromatic N) is 1. The van der Waals surface area contributed by atoms with E-state index in [-0.39, 0.29) is 30.4 Å². The third kappa shape index (κ3) is 10.5. The molecule has 0 bridgehead atoms. The highest BCUT2D eigenvalue weighted by atomic mass is 35.5. The molecular weight excluding hydrogens is 534 g/mol.